The molecule has 3 aromatic carbocycles. The molecule has 1 atom stereocenters. The van der Waals surface area contributed by atoms with Crippen LogP contribution in [0.15, 0.2) is 72.8 Å². The van der Waals surface area contributed by atoms with E-state index in [0.29, 0.717) is 62.2 Å². The van der Waals surface area contributed by atoms with E-state index in [2.05, 4.69) is 18.7 Å². The molecule has 1 unspecified atom stereocenters. The van der Waals surface area contributed by atoms with Gasteiger partial charge in [0, 0.05) is 45.3 Å². The Hall–Kier alpha value is -3.78. The van der Waals surface area contributed by atoms with Gasteiger partial charge in [0.1, 0.15) is 11.6 Å². The Morgan fingerprint density at radius 2 is 1.56 bits per heavy atom. The number of halogens is 1. The van der Waals surface area contributed by atoms with Crippen molar-refractivity contribution in [1.82, 2.24) is 9.80 Å². The maximum absolute atomic E-state index is 14.3. The normalized spacial score (nSPS) is 14.4. The van der Waals surface area contributed by atoms with Crippen LogP contribution in [0.3, 0.4) is 0 Å². The van der Waals surface area contributed by atoms with Gasteiger partial charge in [-0.25, -0.2) is 4.39 Å². The van der Waals surface area contributed by atoms with Crippen molar-refractivity contribution in [3.8, 4) is 17.2 Å². The topological polar surface area (TPSA) is 54.5 Å². The Bertz CT molecular complexity index is 1220. The number of para-hydroxylation sites is 2. The molecule has 8 heteroatoms. The van der Waals surface area contributed by atoms with Gasteiger partial charge in [-0.05, 0) is 55.8 Å². The van der Waals surface area contributed by atoms with E-state index in [0.717, 1.165) is 5.56 Å². The fourth-order valence-corrected chi connectivity index (χ4v) is 4.79. The first-order valence-corrected chi connectivity index (χ1v) is 13.3. The van der Waals surface area contributed by atoms with Gasteiger partial charge in [0.15, 0.2) is 17.6 Å². The molecule has 1 fully saturated rings. The third-order valence-electron chi connectivity index (χ3n) is 7.05. The summed E-state index contributed by atoms with van der Waals surface area (Å²) in [6, 6.07) is 22.2. The van der Waals surface area contributed by atoms with E-state index in [1.807, 2.05) is 64.4 Å². The highest BCUT2D eigenvalue weighted by Crippen LogP contribution is 2.28. The fourth-order valence-electron chi connectivity index (χ4n) is 4.79. The average molecular weight is 536 g/mol. The Morgan fingerprint density at radius 3 is 2.21 bits per heavy atom. The number of carbonyl (C=O) groups is 1. The van der Waals surface area contributed by atoms with Gasteiger partial charge in [-0.1, -0.05) is 36.4 Å². The van der Waals surface area contributed by atoms with Crippen molar-refractivity contribution in [2.24, 2.45) is 0 Å². The van der Waals surface area contributed by atoms with Crippen LogP contribution in [0.1, 0.15) is 19.4 Å². The second-order valence-corrected chi connectivity index (χ2v) is 9.90. The molecule has 1 saturated heterocycles. The highest BCUT2D eigenvalue weighted by molar-refractivity contribution is 5.82. The van der Waals surface area contributed by atoms with Crippen LogP contribution in [0.4, 0.5) is 10.1 Å². The van der Waals surface area contributed by atoms with Gasteiger partial charge in [0.25, 0.3) is 5.91 Å². The predicted octanol–water partition coefficient (Wildman–Crippen LogP) is 4.85. The third-order valence-corrected chi connectivity index (χ3v) is 7.05. The zero-order valence-corrected chi connectivity index (χ0v) is 23.2. The summed E-state index contributed by atoms with van der Waals surface area (Å²) >= 11 is 0. The quantitative estimate of drug-likeness (QED) is 0.350. The van der Waals surface area contributed by atoms with E-state index in [1.165, 1.54) is 6.07 Å². The van der Waals surface area contributed by atoms with Crippen LogP contribution in [-0.2, 0) is 11.3 Å². The van der Waals surface area contributed by atoms with E-state index in [9.17, 15) is 9.18 Å². The molecule has 3 aromatic rings. The van der Waals surface area contributed by atoms with Gasteiger partial charge in [-0.2, -0.15) is 0 Å². The molecule has 0 bridgehead atoms. The van der Waals surface area contributed by atoms with Crippen LogP contribution in [0, 0.1) is 5.82 Å². The Morgan fingerprint density at radius 1 is 0.897 bits per heavy atom. The van der Waals surface area contributed by atoms with E-state index in [4.69, 9.17) is 14.2 Å². The van der Waals surface area contributed by atoms with Crippen molar-refractivity contribution in [1.29, 1.82) is 0 Å². The molecule has 0 aliphatic carbocycles. The lowest BCUT2D eigenvalue weighted by molar-refractivity contribution is -0.140. The van der Waals surface area contributed by atoms with E-state index in [1.54, 1.807) is 26.4 Å². The first kappa shape index (κ1) is 28.2. The van der Waals surface area contributed by atoms with Crippen LogP contribution < -0.4 is 19.1 Å². The van der Waals surface area contributed by atoms with E-state index < -0.39 is 6.10 Å². The van der Waals surface area contributed by atoms with Gasteiger partial charge in [0.2, 0.25) is 0 Å². The monoisotopic (exact) mass is 535 g/mol. The molecule has 7 nitrogen and oxygen atoms in total. The fraction of sp³-hybridized carbons (Fsp3) is 0.387. The molecule has 0 radical (unpaired) electrons. The molecule has 4 rings (SSSR count). The summed E-state index contributed by atoms with van der Waals surface area (Å²) in [5.41, 5.74) is 1.62. The third kappa shape index (κ3) is 7.20. The molecule has 39 heavy (non-hydrogen) atoms. The van der Waals surface area contributed by atoms with Crippen molar-refractivity contribution < 1.29 is 23.4 Å². The summed E-state index contributed by atoms with van der Waals surface area (Å²) in [5.74, 6) is 1.68. The highest BCUT2D eigenvalue weighted by Gasteiger charge is 2.32. The molecular weight excluding hydrogens is 497 g/mol. The molecule has 1 aliphatic rings. The standard InChI is InChI=1S/C31H38FN3O4/c1-23(2)35(21-24-14-15-28(37-3)29(20-24)38-4)22-30(39-25-10-6-5-7-11-25)31(36)34-18-16-33(17-19-34)27-13-9-8-12-26(27)32/h5-15,20,23,30H,16-19,21-22H2,1-4H3. The number of methoxy groups -OCH3 is 2. The number of amides is 1. The van der Waals surface area contributed by atoms with Crippen molar-refractivity contribution in [2.45, 2.75) is 32.5 Å². The van der Waals surface area contributed by atoms with Crippen LogP contribution in [0.25, 0.3) is 0 Å². The van der Waals surface area contributed by atoms with Crippen molar-refractivity contribution in [2.75, 3.05) is 51.8 Å². The van der Waals surface area contributed by atoms with Crippen LogP contribution in [0.5, 0.6) is 17.2 Å². The molecule has 208 valence electrons. The zero-order valence-electron chi connectivity index (χ0n) is 23.2. The Labute approximate surface area is 230 Å². The zero-order chi connectivity index (χ0) is 27.8. The molecular formula is C31H38FN3O4. The summed E-state index contributed by atoms with van der Waals surface area (Å²) in [6.07, 6.45) is -0.699. The summed E-state index contributed by atoms with van der Waals surface area (Å²) in [5, 5.41) is 0. The first-order chi connectivity index (χ1) is 18.9. The molecule has 0 saturated carbocycles. The molecule has 0 aromatic heterocycles. The summed E-state index contributed by atoms with van der Waals surface area (Å²) in [6.45, 7) is 7.36. The number of anilines is 1. The average Bonchev–Trinajstić information content (AvgIpc) is 2.96. The lowest BCUT2D eigenvalue weighted by atomic mass is 10.1. The maximum atomic E-state index is 14.3. The SMILES string of the molecule is COc1ccc(CN(CC(Oc2ccccc2)C(=O)N2CCN(c3ccccc3F)CC2)C(C)C)cc1OC. The van der Waals surface area contributed by atoms with Crippen LogP contribution in [0.2, 0.25) is 0 Å². The van der Waals surface area contributed by atoms with Crippen molar-refractivity contribution in [3.05, 3.63) is 84.2 Å². The van der Waals surface area contributed by atoms with Gasteiger partial charge in [-0.15, -0.1) is 0 Å². The minimum absolute atomic E-state index is 0.0648. The second-order valence-electron chi connectivity index (χ2n) is 9.90. The Kier molecular flexibility index (Phi) is 9.65. The minimum Gasteiger partial charge on any atom is -0.493 e. The molecule has 1 heterocycles. The van der Waals surface area contributed by atoms with Gasteiger partial charge in [-0.3, -0.25) is 9.69 Å². The summed E-state index contributed by atoms with van der Waals surface area (Å²) < 4.78 is 31.5. The largest absolute Gasteiger partial charge is 0.493 e. The number of hydrogen-bond acceptors (Lipinski definition) is 6. The van der Waals surface area contributed by atoms with Crippen LogP contribution in [-0.4, -0.2) is 74.8 Å². The van der Waals surface area contributed by atoms with Gasteiger partial charge >= 0.3 is 0 Å². The number of hydrogen-bond donors (Lipinski definition) is 0. The highest BCUT2D eigenvalue weighted by atomic mass is 19.1. The molecule has 0 spiro atoms. The minimum atomic E-state index is -0.699. The smallest absolute Gasteiger partial charge is 0.265 e. The second kappa shape index (κ2) is 13.3. The first-order valence-electron chi connectivity index (χ1n) is 13.3. The number of piperazine rings is 1. The van der Waals surface area contributed by atoms with Gasteiger partial charge < -0.3 is 24.0 Å². The van der Waals surface area contributed by atoms with Crippen molar-refractivity contribution >= 4 is 11.6 Å². The molecule has 1 amide bonds. The predicted molar refractivity (Wildman–Crippen MR) is 151 cm³/mol. The number of rotatable bonds is 11. The number of carbonyl (C=O) groups excluding carboxylic acids is 1. The lowest BCUT2D eigenvalue weighted by Gasteiger charge is -2.38. The maximum Gasteiger partial charge on any atom is 0.265 e. The molecule has 0 N–H and O–H groups in total. The summed E-state index contributed by atoms with van der Waals surface area (Å²) in [7, 11) is 3.24. The number of nitrogens with zero attached hydrogens (tertiary/aromatic N) is 3. The van der Waals surface area contributed by atoms with Crippen molar-refractivity contribution in [3.63, 3.8) is 0 Å². The Balaban J connectivity index is 1.50. The lowest BCUT2D eigenvalue weighted by Crippen LogP contribution is -2.55. The number of benzene rings is 3. The van der Waals surface area contributed by atoms with E-state index >= 15 is 0 Å². The summed E-state index contributed by atoms with van der Waals surface area (Å²) in [4.78, 5) is 19.9. The molecule has 1 aliphatic heterocycles. The van der Waals surface area contributed by atoms with Crippen LogP contribution >= 0.6 is 0 Å². The van der Waals surface area contributed by atoms with E-state index in [-0.39, 0.29) is 17.8 Å². The number of ether oxygens (including phenoxy) is 3. The van der Waals surface area contributed by atoms with Gasteiger partial charge in [0.05, 0.1) is 19.9 Å².